The minimum atomic E-state index is -0.562. The molecule has 0 heterocycles. The van der Waals surface area contributed by atoms with Gasteiger partial charge in [0, 0.05) is 13.0 Å². The zero-order valence-electron chi connectivity index (χ0n) is 21.8. The molecule has 0 aromatic carbocycles. The van der Waals surface area contributed by atoms with Crippen LogP contribution in [0, 0.1) is 11.8 Å². The third-order valence-corrected chi connectivity index (χ3v) is 3.38. The van der Waals surface area contributed by atoms with Crippen LogP contribution < -0.4 is 16.0 Å². The molecule has 0 aliphatic heterocycles. The van der Waals surface area contributed by atoms with E-state index in [1.807, 2.05) is 83.1 Å². The van der Waals surface area contributed by atoms with Gasteiger partial charge in [-0.05, 0) is 25.2 Å². The molecule has 0 saturated carbocycles. The van der Waals surface area contributed by atoms with Gasteiger partial charge in [-0.25, -0.2) is 0 Å². The molecule has 1 atom stereocenters. The third kappa shape index (κ3) is 24.4. The van der Waals surface area contributed by atoms with Crippen LogP contribution in [0.5, 0.6) is 0 Å². The number of rotatable bonds is 9. The first-order valence-corrected chi connectivity index (χ1v) is 11.6. The smallest absolute Gasteiger partial charge is 0.242 e. The lowest BCUT2D eigenvalue weighted by Crippen LogP contribution is -2.49. The SMILES string of the molecule is CC.CC.CC.CC.CCC(CC)C(=O)NCC(=O)NC(CC(C)C)C(=O)NC. The predicted molar refractivity (Wildman–Crippen MR) is 128 cm³/mol. The van der Waals surface area contributed by atoms with E-state index < -0.39 is 6.04 Å². The summed E-state index contributed by atoms with van der Waals surface area (Å²) in [6.07, 6.45) is 2.06. The third-order valence-electron chi connectivity index (χ3n) is 3.38. The monoisotopic (exact) mass is 419 g/mol. The Morgan fingerprint density at radius 2 is 1.17 bits per heavy atom. The Labute approximate surface area is 182 Å². The molecule has 3 N–H and O–H groups in total. The van der Waals surface area contributed by atoms with Gasteiger partial charge in [-0.2, -0.15) is 0 Å². The Morgan fingerprint density at radius 1 is 0.759 bits per heavy atom. The number of carbonyl (C=O) groups is 3. The molecule has 0 spiro atoms. The molecule has 6 heteroatoms. The molecule has 0 saturated heterocycles. The van der Waals surface area contributed by atoms with Gasteiger partial charge in [0.25, 0.3) is 0 Å². The van der Waals surface area contributed by atoms with E-state index >= 15 is 0 Å². The van der Waals surface area contributed by atoms with Gasteiger partial charge in [0.05, 0.1) is 6.54 Å². The number of carbonyl (C=O) groups excluding carboxylic acids is 3. The Balaban J connectivity index is -0.000000212. The molecule has 29 heavy (non-hydrogen) atoms. The standard InChI is InChI=1S/C15H29N3O3.4C2H6/c1-6-11(7-2)14(20)17-9-13(19)18-12(8-10(3)4)15(21)16-5;4*1-2/h10-12H,6-9H2,1-5H3,(H,16,21)(H,17,20)(H,18,19);4*1-2H3. The van der Waals surface area contributed by atoms with Crippen LogP contribution in [-0.4, -0.2) is 37.4 Å². The second-order valence-corrected chi connectivity index (χ2v) is 5.60. The average molecular weight is 420 g/mol. The first kappa shape index (κ1) is 38.1. The van der Waals surface area contributed by atoms with Crippen LogP contribution in [0.15, 0.2) is 0 Å². The fraction of sp³-hybridized carbons (Fsp3) is 0.870. The Kier molecular flexibility index (Phi) is 40.8. The van der Waals surface area contributed by atoms with E-state index in [9.17, 15) is 14.4 Å². The molecule has 0 aliphatic rings. The van der Waals surface area contributed by atoms with Gasteiger partial charge < -0.3 is 16.0 Å². The minimum absolute atomic E-state index is 0.0665. The summed E-state index contributed by atoms with van der Waals surface area (Å²) in [4.78, 5) is 35.4. The summed E-state index contributed by atoms with van der Waals surface area (Å²) < 4.78 is 0. The van der Waals surface area contributed by atoms with Gasteiger partial charge in [-0.3, -0.25) is 14.4 Å². The number of amides is 3. The number of nitrogens with one attached hydrogen (secondary N) is 3. The van der Waals surface area contributed by atoms with E-state index in [1.165, 1.54) is 7.05 Å². The van der Waals surface area contributed by atoms with Gasteiger partial charge in [0.1, 0.15) is 6.04 Å². The first-order valence-electron chi connectivity index (χ1n) is 11.6. The molecule has 0 radical (unpaired) electrons. The largest absolute Gasteiger partial charge is 0.357 e. The summed E-state index contributed by atoms with van der Waals surface area (Å²) in [7, 11) is 1.54. The second-order valence-electron chi connectivity index (χ2n) is 5.60. The fourth-order valence-corrected chi connectivity index (χ4v) is 2.09. The van der Waals surface area contributed by atoms with E-state index in [1.54, 1.807) is 0 Å². The Morgan fingerprint density at radius 3 is 1.48 bits per heavy atom. The van der Waals surface area contributed by atoms with Crippen molar-refractivity contribution in [3.8, 4) is 0 Å². The molecule has 3 amide bonds. The molecular weight excluding hydrogens is 366 g/mol. The lowest BCUT2D eigenvalue weighted by Gasteiger charge is -2.19. The number of hydrogen-bond acceptors (Lipinski definition) is 3. The van der Waals surface area contributed by atoms with Crippen molar-refractivity contribution in [1.29, 1.82) is 0 Å². The summed E-state index contributed by atoms with van der Waals surface area (Å²) in [5.41, 5.74) is 0. The molecule has 6 nitrogen and oxygen atoms in total. The van der Waals surface area contributed by atoms with Crippen molar-refractivity contribution in [3.63, 3.8) is 0 Å². The van der Waals surface area contributed by atoms with Crippen molar-refractivity contribution in [2.75, 3.05) is 13.6 Å². The lowest BCUT2D eigenvalue weighted by molar-refractivity contribution is -0.130. The normalized spacial score (nSPS) is 9.62. The van der Waals surface area contributed by atoms with E-state index in [-0.39, 0.29) is 36.1 Å². The average Bonchev–Trinajstić information content (AvgIpc) is 2.77. The number of likely N-dealkylation sites (N-methyl/N-ethyl adjacent to an activating group) is 1. The fourth-order valence-electron chi connectivity index (χ4n) is 2.09. The molecule has 0 rings (SSSR count). The lowest BCUT2D eigenvalue weighted by atomic mass is 10.0. The molecule has 0 fully saturated rings. The van der Waals surface area contributed by atoms with E-state index in [0.29, 0.717) is 6.42 Å². The van der Waals surface area contributed by atoms with Crippen molar-refractivity contribution in [2.24, 2.45) is 11.8 Å². The summed E-state index contributed by atoms with van der Waals surface area (Å²) in [6, 6.07) is -0.562. The van der Waals surface area contributed by atoms with Gasteiger partial charge in [0.15, 0.2) is 0 Å². The quantitative estimate of drug-likeness (QED) is 0.495. The Hall–Kier alpha value is -1.59. The van der Waals surface area contributed by atoms with Gasteiger partial charge >= 0.3 is 0 Å². The summed E-state index contributed by atoms with van der Waals surface area (Å²) in [6.45, 7) is 23.8. The highest BCUT2D eigenvalue weighted by Gasteiger charge is 2.21. The number of hydrogen-bond donors (Lipinski definition) is 3. The van der Waals surface area contributed by atoms with Gasteiger partial charge in [-0.1, -0.05) is 83.1 Å². The van der Waals surface area contributed by atoms with Crippen LogP contribution in [-0.2, 0) is 14.4 Å². The van der Waals surface area contributed by atoms with Gasteiger partial charge in [0.2, 0.25) is 17.7 Å². The van der Waals surface area contributed by atoms with Crippen LogP contribution >= 0.6 is 0 Å². The van der Waals surface area contributed by atoms with E-state index in [2.05, 4.69) is 16.0 Å². The summed E-state index contributed by atoms with van der Waals surface area (Å²) >= 11 is 0. The maximum Gasteiger partial charge on any atom is 0.242 e. The maximum atomic E-state index is 11.9. The van der Waals surface area contributed by atoms with Crippen molar-refractivity contribution in [1.82, 2.24) is 16.0 Å². The Bertz CT molecular complexity index is 355. The summed E-state index contributed by atoms with van der Waals surface area (Å²) in [5, 5.41) is 7.82. The predicted octanol–water partition coefficient (Wildman–Crippen LogP) is 4.92. The van der Waals surface area contributed by atoms with Crippen LogP contribution in [0.2, 0.25) is 0 Å². The molecule has 1 unspecified atom stereocenters. The molecule has 0 bridgehead atoms. The highest BCUT2D eigenvalue weighted by molar-refractivity contribution is 5.90. The zero-order valence-corrected chi connectivity index (χ0v) is 21.8. The highest BCUT2D eigenvalue weighted by atomic mass is 16.2. The molecule has 0 aromatic heterocycles. The van der Waals surface area contributed by atoms with E-state index in [0.717, 1.165) is 12.8 Å². The topological polar surface area (TPSA) is 87.3 Å². The van der Waals surface area contributed by atoms with Crippen LogP contribution in [0.25, 0.3) is 0 Å². The molecular formula is C23H53N3O3. The van der Waals surface area contributed by atoms with Crippen molar-refractivity contribution < 1.29 is 14.4 Å². The van der Waals surface area contributed by atoms with E-state index in [4.69, 9.17) is 0 Å². The molecule has 0 aromatic rings. The maximum absolute atomic E-state index is 11.9. The van der Waals surface area contributed by atoms with Crippen molar-refractivity contribution in [2.45, 2.75) is 108 Å². The highest BCUT2D eigenvalue weighted by Crippen LogP contribution is 2.07. The van der Waals surface area contributed by atoms with Gasteiger partial charge in [-0.15, -0.1) is 0 Å². The zero-order chi connectivity index (χ0) is 24.4. The van der Waals surface area contributed by atoms with Crippen molar-refractivity contribution in [3.05, 3.63) is 0 Å². The summed E-state index contributed by atoms with van der Waals surface area (Å²) in [5.74, 6) is -0.461. The minimum Gasteiger partial charge on any atom is -0.357 e. The van der Waals surface area contributed by atoms with Crippen LogP contribution in [0.4, 0.5) is 0 Å². The van der Waals surface area contributed by atoms with Crippen LogP contribution in [0.3, 0.4) is 0 Å². The second kappa shape index (κ2) is 31.1. The molecule has 178 valence electrons. The first-order chi connectivity index (χ1) is 13.8. The molecule has 0 aliphatic carbocycles. The van der Waals surface area contributed by atoms with Crippen molar-refractivity contribution >= 4 is 17.7 Å². The van der Waals surface area contributed by atoms with Crippen LogP contribution in [0.1, 0.15) is 102 Å².